The number of imidazole rings is 1. The number of hydrogen-bond donors (Lipinski definition) is 0. The van der Waals surface area contributed by atoms with Gasteiger partial charge in [-0.2, -0.15) is 4.68 Å². The molecule has 3 aromatic heterocycles. The van der Waals surface area contributed by atoms with Crippen molar-refractivity contribution in [3.8, 4) is 0 Å². The third-order valence-corrected chi connectivity index (χ3v) is 7.44. The summed E-state index contributed by atoms with van der Waals surface area (Å²) in [4.78, 5) is 0. The Labute approximate surface area is 215 Å². The van der Waals surface area contributed by atoms with Gasteiger partial charge in [0.15, 0.2) is 7.05 Å². The highest BCUT2D eigenvalue weighted by Gasteiger charge is 2.21. The maximum absolute atomic E-state index is 4.31. The van der Waals surface area contributed by atoms with E-state index in [0.29, 0.717) is 18.1 Å². The van der Waals surface area contributed by atoms with Crippen molar-refractivity contribution < 1.29 is 13.8 Å². The van der Waals surface area contributed by atoms with Crippen molar-refractivity contribution in [3.05, 3.63) is 45.8 Å². The molecule has 0 spiro atoms. The Balaban J connectivity index is 0.000000263. The topological polar surface area (TPSA) is 39.3 Å². The van der Waals surface area contributed by atoms with Crippen LogP contribution in [0.2, 0.25) is 0 Å². The summed E-state index contributed by atoms with van der Waals surface area (Å²) < 4.78 is 13.3. The fourth-order valence-electron chi connectivity index (χ4n) is 5.10. The minimum Gasteiger partial charge on any atom is -0.234 e. The lowest BCUT2D eigenvalue weighted by Gasteiger charge is -2.05. The molecule has 0 saturated heterocycles. The highest BCUT2D eigenvalue weighted by Crippen LogP contribution is 2.14. The summed E-state index contributed by atoms with van der Waals surface area (Å²) in [5, 5.41) is 4.31. The molecule has 0 amide bonds. The minimum atomic E-state index is 0.503. The van der Waals surface area contributed by atoms with E-state index in [4.69, 9.17) is 0 Å². The van der Waals surface area contributed by atoms with Crippen LogP contribution < -0.4 is 13.8 Å². The van der Waals surface area contributed by atoms with Crippen LogP contribution in [0.5, 0.6) is 0 Å². The van der Waals surface area contributed by atoms with Gasteiger partial charge in [0, 0.05) is 52.2 Å². The monoisotopic (exact) mass is 488 g/mol. The molecular weight excluding hydrogens is 434 g/mol. The quantitative estimate of drug-likeness (QED) is 0.499. The van der Waals surface area contributed by atoms with E-state index in [0.717, 1.165) is 5.82 Å². The average molecular weight is 489 g/mol. The lowest BCUT2D eigenvalue weighted by molar-refractivity contribution is -0.761. The van der Waals surface area contributed by atoms with E-state index in [-0.39, 0.29) is 0 Å². The van der Waals surface area contributed by atoms with Crippen molar-refractivity contribution in [1.29, 1.82) is 0 Å². The van der Waals surface area contributed by atoms with Crippen LogP contribution in [0.15, 0.2) is 0 Å². The van der Waals surface area contributed by atoms with Crippen molar-refractivity contribution in [3.63, 3.8) is 0 Å². The molecule has 0 unspecified atom stereocenters. The molecule has 0 aliphatic carbocycles. The zero-order chi connectivity index (χ0) is 27.5. The van der Waals surface area contributed by atoms with Crippen LogP contribution >= 0.6 is 0 Å². The molecule has 0 atom stereocenters. The van der Waals surface area contributed by atoms with E-state index in [9.17, 15) is 0 Å². The van der Waals surface area contributed by atoms with Crippen molar-refractivity contribution in [2.24, 2.45) is 21.1 Å². The summed E-state index contributed by atoms with van der Waals surface area (Å²) in [6.07, 6.45) is 0. The Kier molecular flexibility index (Phi) is 10.5. The first-order chi connectivity index (χ1) is 16.0. The van der Waals surface area contributed by atoms with Gasteiger partial charge in [0.1, 0.15) is 11.4 Å². The molecule has 0 saturated carbocycles. The van der Waals surface area contributed by atoms with Gasteiger partial charge >= 0.3 is 0 Å². The molecule has 0 N–H and O–H groups in total. The number of hydrogen-bond acceptors (Lipinski definition) is 1. The number of aryl methyl sites for hydroxylation is 2. The average Bonchev–Trinajstić information content (AvgIpc) is 3.20. The van der Waals surface area contributed by atoms with Crippen LogP contribution in [-0.4, -0.2) is 19.0 Å². The van der Waals surface area contributed by atoms with Crippen LogP contribution in [0.3, 0.4) is 0 Å². The van der Waals surface area contributed by atoms with Gasteiger partial charge in [-0.15, -0.1) is 9.36 Å². The summed E-state index contributed by atoms with van der Waals surface area (Å²) in [5.74, 6) is 3.62. The van der Waals surface area contributed by atoms with Gasteiger partial charge in [0.25, 0.3) is 11.6 Å². The highest BCUT2D eigenvalue weighted by atomic mass is 15.4. The zero-order valence-corrected chi connectivity index (χ0v) is 25.9. The third-order valence-electron chi connectivity index (χ3n) is 7.44. The molecule has 0 fully saturated rings. The Morgan fingerprint density at radius 3 is 1.37 bits per heavy atom. The SMILES string of the molecule is Cc1c(C)[n+](C)c(C)n1C(C)C.Cc1c(C)n(C(C)C)[n+](C)c1C.Cc1nn(C)c(C)[n+]1C(C)C. The summed E-state index contributed by atoms with van der Waals surface area (Å²) in [6, 6.07) is 1.61. The molecule has 3 aromatic rings. The summed E-state index contributed by atoms with van der Waals surface area (Å²) in [5.41, 5.74) is 6.89. The van der Waals surface area contributed by atoms with Gasteiger partial charge in [-0.05, 0) is 55.4 Å². The number of aromatic nitrogens is 7. The second-order valence-corrected chi connectivity index (χ2v) is 10.7. The van der Waals surface area contributed by atoms with E-state index in [1.54, 1.807) is 0 Å². The number of rotatable bonds is 3. The van der Waals surface area contributed by atoms with Gasteiger partial charge in [0.2, 0.25) is 11.5 Å². The van der Waals surface area contributed by atoms with Crippen LogP contribution in [0.25, 0.3) is 0 Å². The standard InChI is InChI=1S/2C10H19N2.C8H16N3/c1-7(2)12-9(4)8(3)11(6)10(12)5;1-7(2)12-10(5)8(3)9(4)11(12)6;1-6(2)11-7(3)9-10(5)8(11)4/h2*7H,1-6H3;6H,1-5H3/q3*+1. The molecule has 0 aliphatic rings. The molecule has 3 rings (SSSR count). The van der Waals surface area contributed by atoms with Gasteiger partial charge in [-0.1, -0.05) is 0 Å². The first-order valence-corrected chi connectivity index (χ1v) is 13.0. The zero-order valence-electron chi connectivity index (χ0n) is 25.9. The lowest BCUT2D eigenvalue weighted by Crippen LogP contribution is -2.42. The van der Waals surface area contributed by atoms with Gasteiger partial charge in [0.05, 0.1) is 37.9 Å². The molecule has 3 heterocycles. The van der Waals surface area contributed by atoms with Crippen molar-refractivity contribution in [1.82, 2.24) is 19.0 Å². The molecule has 7 heteroatoms. The minimum absolute atomic E-state index is 0.503. The molecule has 7 nitrogen and oxygen atoms in total. The fourth-order valence-corrected chi connectivity index (χ4v) is 5.10. The smallest absolute Gasteiger partial charge is 0.234 e. The van der Waals surface area contributed by atoms with Crippen molar-refractivity contribution in [2.45, 2.75) is 115 Å². The van der Waals surface area contributed by atoms with Crippen molar-refractivity contribution in [2.75, 3.05) is 0 Å². The molecule has 0 bridgehead atoms. The van der Waals surface area contributed by atoms with Gasteiger partial charge in [-0.25, -0.2) is 13.7 Å². The van der Waals surface area contributed by atoms with E-state index >= 15 is 0 Å². The largest absolute Gasteiger partial charge is 0.274 e. The normalized spacial score (nSPS) is 11.2. The van der Waals surface area contributed by atoms with Crippen LogP contribution in [0.4, 0.5) is 0 Å². The second-order valence-electron chi connectivity index (χ2n) is 10.7. The first-order valence-electron chi connectivity index (χ1n) is 13.0. The molecule has 0 aliphatic heterocycles. The van der Waals surface area contributed by atoms with Crippen LogP contribution in [-0.2, 0) is 21.1 Å². The van der Waals surface area contributed by atoms with Crippen molar-refractivity contribution >= 4 is 0 Å². The Morgan fingerprint density at radius 2 is 1.20 bits per heavy atom. The predicted octanol–water partition coefficient (Wildman–Crippen LogP) is 4.54. The van der Waals surface area contributed by atoms with E-state index in [1.165, 1.54) is 40.0 Å². The van der Waals surface area contributed by atoms with Crippen LogP contribution in [0.1, 0.15) is 105 Å². The van der Waals surface area contributed by atoms with E-state index < -0.39 is 0 Å². The van der Waals surface area contributed by atoms with Gasteiger partial charge < -0.3 is 0 Å². The molecule has 198 valence electrons. The maximum atomic E-state index is 4.31. The molecular formula is C28H54N7+3. The molecule has 0 radical (unpaired) electrons. The third kappa shape index (κ3) is 6.42. The summed E-state index contributed by atoms with van der Waals surface area (Å²) in [6.45, 7) is 30.4. The van der Waals surface area contributed by atoms with E-state index in [1.807, 2.05) is 18.7 Å². The summed E-state index contributed by atoms with van der Waals surface area (Å²) >= 11 is 0. The predicted molar refractivity (Wildman–Crippen MR) is 144 cm³/mol. The Hall–Kier alpha value is -2.44. The Bertz CT molecular complexity index is 1020. The fraction of sp³-hybridized carbons (Fsp3) is 0.714. The lowest BCUT2D eigenvalue weighted by atomic mass is 10.2. The van der Waals surface area contributed by atoms with E-state index in [2.05, 4.69) is 132 Å². The van der Waals surface area contributed by atoms with Gasteiger partial charge in [-0.3, -0.25) is 0 Å². The Morgan fingerprint density at radius 1 is 0.686 bits per heavy atom. The van der Waals surface area contributed by atoms with Crippen LogP contribution in [0, 0.1) is 55.4 Å². The summed E-state index contributed by atoms with van der Waals surface area (Å²) in [7, 11) is 6.22. The number of nitrogens with zero attached hydrogens (tertiary/aromatic N) is 7. The first kappa shape index (κ1) is 30.6. The second kappa shape index (κ2) is 12.0. The molecule has 0 aromatic carbocycles. The maximum Gasteiger partial charge on any atom is 0.274 e. The molecule has 35 heavy (non-hydrogen) atoms. The highest BCUT2D eigenvalue weighted by molar-refractivity contribution is 5.18.